The standard InChI is InChI=1S/C11H9F5O2/c1-3-4(2)18-11(17)5-6(12)8(14)10(16)9(15)7(5)13/h4H,3H2,1-2H3. The maximum atomic E-state index is 13.2. The van der Waals surface area contributed by atoms with E-state index in [1.165, 1.54) is 6.92 Å². The first-order valence-electron chi connectivity index (χ1n) is 5.03. The van der Waals surface area contributed by atoms with Crippen LogP contribution in [0.25, 0.3) is 0 Å². The van der Waals surface area contributed by atoms with Crippen LogP contribution >= 0.6 is 0 Å². The number of halogens is 5. The van der Waals surface area contributed by atoms with Crippen LogP contribution < -0.4 is 0 Å². The van der Waals surface area contributed by atoms with Gasteiger partial charge in [-0.25, -0.2) is 26.7 Å². The van der Waals surface area contributed by atoms with Crippen molar-refractivity contribution in [2.75, 3.05) is 0 Å². The van der Waals surface area contributed by atoms with Crippen LogP contribution in [0.15, 0.2) is 0 Å². The normalized spacial score (nSPS) is 12.4. The van der Waals surface area contributed by atoms with Gasteiger partial charge in [-0.05, 0) is 13.3 Å². The van der Waals surface area contributed by atoms with Crippen molar-refractivity contribution < 1.29 is 31.5 Å². The Bertz CT molecular complexity index is 458. The Morgan fingerprint density at radius 3 is 1.78 bits per heavy atom. The number of hydrogen-bond acceptors (Lipinski definition) is 2. The number of carbonyl (C=O) groups is 1. The van der Waals surface area contributed by atoms with Crippen LogP contribution in [0.1, 0.15) is 30.6 Å². The molecule has 100 valence electrons. The fourth-order valence-corrected chi connectivity index (χ4v) is 1.11. The molecule has 18 heavy (non-hydrogen) atoms. The average Bonchev–Trinajstić information content (AvgIpc) is 2.34. The Morgan fingerprint density at radius 2 is 1.39 bits per heavy atom. The van der Waals surface area contributed by atoms with Crippen molar-refractivity contribution in [1.29, 1.82) is 0 Å². The number of hydrogen-bond donors (Lipinski definition) is 0. The van der Waals surface area contributed by atoms with E-state index in [9.17, 15) is 26.7 Å². The molecule has 7 heteroatoms. The summed E-state index contributed by atoms with van der Waals surface area (Å²) in [6, 6.07) is 0. The minimum absolute atomic E-state index is 0.334. The molecule has 1 aromatic rings. The molecule has 0 aliphatic rings. The quantitative estimate of drug-likeness (QED) is 0.364. The van der Waals surface area contributed by atoms with E-state index in [0.29, 0.717) is 6.42 Å². The minimum atomic E-state index is -2.31. The summed E-state index contributed by atoms with van der Waals surface area (Å²) >= 11 is 0. The predicted molar refractivity (Wildman–Crippen MR) is 51.4 cm³/mol. The number of esters is 1. The lowest BCUT2D eigenvalue weighted by Gasteiger charge is -2.12. The first-order chi connectivity index (χ1) is 8.31. The first kappa shape index (κ1) is 14.4. The number of carbonyl (C=O) groups excluding carboxylic acids is 1. The van der Waals surface area contributed by atoms with Gasteiger partial charge in [0.15, 0.2) is 23.3 Å². The van der Waals surface area contributed by atoms with Crippen molar-refractivity contribution in [3.05, 3.63) is 34.6 Å². The van der Waals surface area contributed by atoms with E-state index in [1.54, 1.807) is 6.92 Å². The van der Waals surface area contributed by atoms with Crippen LogP contribution in [-0.4, -0.2) is 12.1 Å². The van der Waals surface area contributed by atoms with Crippen molar-refractivity contribution in [2.45, 2.75) is 26.4 Å². The van der Waals surface area contributed by atoms with Crippen molar-refractivity contribution in [3.63, 3.8) is 0 Å². The van der Waals surface area contributed by atoms with Gasteiger partial charge in [-0.3, -0.25) is 0 Å². The van der Waals surface area contributed by atoms with Gasteiger partial charge < -0.3 is 4.74 Å². The van der Waals surface area contributed by atoms with Crippen LogP contribution in [0.4, 0.5) is 22.0 Å². The Morgan fingerprint density at radius 1 is 1.00 bits per heavy atom. The third kappa shape index (κ3) is 2.44. The zero-order chi connectivity index (χ0) is 14.0. The van der Waals surface area contributed by atoms with E-state index in [-0.39, 0.29) is 0 Å². The van der Waals surface area contributed by atoms with Crippen molar-refractivity contribution in [1.82, 2.24) is 0 Å². The summed E-state index contributed by atoms with van der Waals surface area (Å²) in [7, 11) is 0. The highest BCUT2D eigenvalue weighted by Crippen LogP contribution is 2.24. The molecule has 1 rings (SSSR count). The summed E-state index contributed by atoms with van der Waals surface area (Å²) in [6.07, 6.45) is -0.367. The lowest BCUT2D eigenvalue weighted by molar-refractivity contribution is 0.0320. The van der Waals surface area contributed by atoms with Gasteiger partial charge in [-0.15, -0.1) is 0 Å². The lowest BCUT2D eigenvalue weighted by Crippen LogP contribution is -2.19. The highest BCUT2D eigenvalue weighted by Gasteiger charge is 2.31. The number of benzene rings is 1. The van der Waals surface area contributed by atoms with Gasteiger partial charge >= 0.3 is 5.97 Å². The zero-order valence-electron chi connectivity index (χ0n) is 9.49. The van der Waals surface area contributed by atoms with E-state index in [2.05, 4.69) is 4.74 Å². The molecule has 0 radical (unpaired) electrons. The Hall–Kier alpha value is -1.66. The van der Waals surface area contributed by atoms with Crippen molar-refractivity contribution in [2.24, 2.45) is 0 Å². The highest BCUT2D eigenvalue weighted by atomic mass is 19.2. The highest BCUT2D eigenvalue weighted by molar-refractivity contribution is 5.90. The molecule has 0 aliphatic carbocycles. The molecule has 0 aromatic heterocycles. The smallest absolute Gasteiger partial charge is 0.344 e. The van der Waals surface area contributed by atoms with Gasteiger partial charge in [0.2, 0.25) is 5.82 Å². The molecule has 0 aliphatic heterocycles. The molecule has 1 unspecified atom stereocenters. The molecular formula is C11H9F5O2. The summed E-state index contributed by atoms with van der Waals surface area (Å²) in [5.74, 6) is -12.6. The second-order valence-electron chi connectivity index (χ2n) is 3.57. The monoisotopic (exact) mass is 268 g/mol. The molecular weight excluding hydrogens is 259 g/mol. The fourth-order valence-electron chi connectivity index (χ4n) is 1.11. The molecule has 0 fully saturated rings. The van der Waals surface area contributed by atoms with E-state index < -0.39 is 46.7 Å². The number of ether oxygens (including phenoxy) is 1. The third-order valence-electron chi connectivity index (χ3n) is 2.30. The summed E-state index contributed by atoms with van der Waals surface area (Å²) in [6.45, 7) is 3.04. The Balaban J connectivity index is 3.29. The lowest BCUT2D eigenvalue weighted by atomic mass is 10.1. The van der Waals surface area contributed by atoms with Crippen LogP contribution in [0, 0.1) is 29.1 Å². The van der Waals surface area contributed by atoms with Gasteiger partial charge in [-0.2, -0.15) is 0 Å². The largest absolute Gasteiger partial charge is 0.459 e. The van der Waals surface area contributed by atoms with Crippen molar-refractivity contribution in [3.8, 4) is 0 Å². The van der Waals surface area contributed by atoms with E-state index >= 15 is 0 Å². The Kier molecular flexibility index (Phi) is 4.26. The van der Waals surface area contributed by atoms with E-state index in [0.717, 1.165) is 0 Å². The first-order valence-corrected chi connectivity index (χ1v) is 5.03. The van der Waals surface area contributed by atoms with Gasteiger partial charge in [0.05, 0.1) is 6.10 Å². The Labute approximate surface area is 99.4 Å². The second kappa shape index (κ2) is 5.32. The summed E-state index contributed by atoms with van der Waals surface area (Å²) < 4.78 is 69.2. The molecule has 0 N–H and O–H groups in total. The molecule has 0 heterocycles. The second-order valence-corrected chi connectivity index (χ2v) is 3.57. The average molecular weight is 268 g/mol. The molecule has 1 aromatic carbocycles. The molecule has 0 spiro atoms. The fraction of sp³-hybridized carbons (Fsp3) is 0.364. The molecule has 1 atom stereocenters. The van der Waals surface area contributed by atoms with Gasteiger partial charge in [0, 0.05) is 0 Å². The van der Waals surface area contributed by atoms with Crippen LogP contribution in [-0.2, 0) is 4.74 Å². The predicted octanol–water partition coefficient (Wildman–Crippen LogP) is 3.34. The molecule has 0 bridgehead atoms. The SMILES string of the molecule is CCC(C)OC(=O)c1c(F)c(F)c(F)c(F)c1F. The van der Waals surface area contributed by atoms with E-state index in [4.69, 9.17) is 0 Å². The van der Waals surface area contributed by atoms with Crippen LogP contribution in [0.3, 0.4) is 0 Å². The van der Waals surface area contributed by atoms with Gasteiger partial charge in [-0.1, -0.05) is 6.92 Å². The van der Waals surface area contributed by atoms with Gasteiger partial charge in [0.1, 0.15) is 5.56 Å². The summed E-state index contributed by atoms with van der Waals surface area (Å²) in [5.41, 5.74) is -1.58. The molecule has 2 nitrogen and oxygen atoms in total. The van der Waals surface area contributed by atoms with Crippen molar-refractivity contribution >= 4 is 5.97 Å². The molecule has 0 saturated carbocycles. The maximum Gasteiger partial charge on any atom is 0.344 e. The maximum absolute atomic E-state index is 13.2. The zero-order valence-corrected chi connectivity index (χ0v) is 9.49. The van der Waals surface area contributed by atoms with Crippen LogP contribution in [0.5, 0.6) is 0 Å². The van der Waals surface area contributed by atoms with Gasteiger partial charge in [0.25, 0.3) is 0 Å². The summed E-state index contributed by atoms with van der Waals surface area (Å²) in [5, 5.41) is 0. The molecule has 0 saturated heterocycles. The summed E-state index contributed by atoms with van der Waals surface area (Å²) in [4.78, 5) is 11.3. The molecule has 0 amide bonds. The van der Waals surface area contributed by atoms with Crippen LogP contribution in [0.2, 0.25) is 0 Å². The minimum Gasteiger partial charge on any atom is -0.459 e. The number of rotatable bonds is 3. The topological polar surface area (TPSA) is 26.3 Å². The third-order valence-corrected chi connectivity index (χ3v) is 2.30. The van der Waals surface area contributed by atoms with E-state index in [1.807, 2.05) is 0 Å².